The second-order valence-corrected chi connectivity index (χ2v) is 5.59. The van der Waals surface area contributed by atoms with Gasteiger partial charge in [0.1, 0.15) is 0 Å². The Kier molecular flexibility index (Phi) is 5.64. The number of hydrogen-bond donors (Lipinski definition) is 2. The van der Waals surface area contributed by atoms with Gasteiger partial charge in [-0.3, -0.25) is 0 Å². The molecule has 0 heterocycles. The van der Waals surface area contributed by atoms with Crippen LogP contribution in [-0.4, -0.2) is 53.1 Å². The summed E-state index contributed by atoms with van der Waals surface area (Å²) in [6, 6.07) is 0. The number of rotatable bonds is 6. The number of ether oxygens (including phenoxy) is 3. The summed E-state index contributed by atoms with van der Waals surface area (Å²) >= 11 is 4.22. The summed E-state index contributed by atoms with van der Waals surface area (Å²) < 4.78 is 15.4. The lowest BCUT2D eigenvalue weighted by Gasteiger charge is -2.42. The standard InChI is InChI=1S/C8H20O4SSi/c1-6(13)5-7(9,10-2)8(14,11-3)12-4/h6,9,13H,5H2,1-4,14H3. The summed E-state index contributed by atoms with van der Waals surface area (Å²) in [4.78, 5) is 0. The van der Waals surface area contributed by atoms with Crippen LogP contribution in [0.25, 0.3) is 0 Å². The van der Waals surface area contributed by atoms with Crippen molar-refractivity contribution >= 4 is 22.9 Å². The molecule has 0 aliphatic rings. The Morgan fingerprint density at radius 3 is 1.93 bits per heavy atom. The SMILES string of the molecule is COC(O)(CC(C)S)C([SiH3])(OC)OC. The van der Waals surface area contributed by atoms with E-state index in [1.807, 2.05) is 6.92 Å². The van der Waals surface area contributed by atoms with E-state index in [1.165, 1.54) is 21.3 Å². The van der Waals surface area contributed by atoms with Gasteiger partial charge >= 0.3 is 0 Å². The van der Waals surface area contributed by atoms with Crippen molar-refractivity contribution in [1.29, 1.82) is 0 Å². The Hall–Kier alpha value is 0.407. The average Bonchev–Trinajstić information content (AvgIpc) is 2.15. The van der Waals surface area contributed by atoms with Gasteiger partial charge in [-0.2, -0.15) is 12.6 Å². The third kappa shape index (κ3) is 2.95. The second kappa shape index (κ2) is 5.48. The highest BCUT2D eigenvalue weighted by Gasteiger charge is 2.48. The predicted molar refractivity (Wildman–Crippen MR) is 61.7 cm³/mol. The van der Waals surface area contributed by atoms with Gasteiger partial charge in [0.2, 0.25) is 5.79 Å². The summed E-state index contributed by atoms with van der Waals surface area (Å²) in [7, 11) is 4.90. The Balaban J connectivity index is 4.80. The molecule has 0 aromatic rings. The Morgan fingerprint density at radius 1 is 1.29 bits per heavy atom. The fourth-order valence-electron chi connectivity index (χ4n) is 1.26. The van der Waals surface area contributed by atoms with Crippen LogP contribution in [0.2, 0.25) is 0 Å². The van der Waals surface area contributed by atoms with E-state index in [1.54, 1.807) is 0 Å². The molecule has 0 aromatic heterocycles. The molecule has 0 saturated carbocycles. The first-order chi connectivity index (χ1) is 6.35. The first kappa shape index (κ1) is 14.4. The molecule has 0 spiro atoms. The third-order valence-electron chi connectivity index (χ3n) is 2.40. The van der Waals surface area contributed by atoms with Crippen LogP contribution in [0.3, 0.4) is 0 Å². The summed E-state index contributed by atoms with van der Waals surface area (Å²) in [5.41, 5.74) is -1.06. The quantitative estimate of drug-likeness (QED) is 0.368. The van der Waals surface area contributed by atoms with Crippen LogP contribution in [0.15, 0.2) is 0 Å². The highest BCUT2D eigenvalue weighted by atomic mass is 32.1. The number of thiol groups is 1. The van der Waals surface area contributed by atoms with E-state index < -0.39 is 11.2 Å². The number of aliphatic hydroxyl groups is 1. The van der Waals surface area contributed by atoms with E-state index in [-0.39, 0.29) is 5.25 Å². The maximum Gasteiger partial charge on any atom is 0.216 e. The van der Waals surface area contributed by atoms with E-state index in [9.17, 15) is 5.11 Å². The molecule has 0 fully saturated rings. The van der Waals surface area contributed by atoms with Gasteiger partial charge in [-0.25, -0.2) is 0 Å². The summed E-state index contributed by atoms with van der Waals surface area (Å²) in [5, 5.41) is 10.2. The highest BCUT2D eigenvalue weighted by molar-refractivity contribution is 7.80. The van der Waals surface area contributed by atoms with E-state index >= 15 is 0 Å². The zero-order valence-electron chi connectivity index (χ0n) is 9.40. The van der Waals surface area contributed by atoms with Crippen LogP contribution >= 0.6 is 12.6 Å². The van der Waals surface area contributed by atoms with Crippen molar-refractivity contribution in [1.82, 2.24) is 0 Å². The Labute approximate surface area is 93.8 Å². The largest absolute Gasteiger partial charge is 0.362 e. The summed E-state index contributed by atoms with van der Waals surface area (Å²) in [6.07, 6.45) is 0.345. The molecule has 0 aliphatic heterocycles. The van der Waals surface area contributed by atoms with Crippen LogP contribution in [-0.2, 0) is 14.2 Å². The van der Waals surface area contributed by atoms with Crippen LogP contribution < -0.4 is 0 Å². The van der Waals surface area contributed by atoms with Gasteiger partial charge < -0.3 is 19.3 Å². The van der Waals surface area contributed by atoms with Crippen LogP contribution in [0.1, 0.15) is 13.3 Å². The third-order valence-corrected chi connectivity index (χ3v) is 4.18. The monoisotopic (exact) mass is 240 g/mol. The van der Waals surface area contributed by atoms with Crippen molar-refractivity contribution in [3.63, 3.8) is 0 Å². The van der Waals surface area contributed by atoms with Gasteiger partial charge in [0.05, 0.1) is 10.2 Å². The topological polar surface area (TPSA) is 47.9 Å². The molecule has 86 valence electrons. The molecule has 0 rings (SSSR count). The maximum atomic E-state index is 10.2. The van der Waals surface area contributed by atoms with Crippen molar-refractivity contribution in [2.24, 2.45) is 0 Å². The Morgan fingerprint density at radius 2 is 1.71 bits per heavy atom. The minimum atomic E-state index is -1.44. The molecule has 0 aromatic carbocycles. The predicted octanol–water partition coefficient (Wildman–Crippen LogP) is -0.658. The van der Waals surface area contributed by atoms with Gasteiger partial charge in [-0.05, 0) is 0 Å². The first-order valence-electron chi connectivity index (χ1n) is 4.41. The van der Waals surface area contributed by atoms with E-state index in [0.29, 0.717) is 16.7 Å². The van der Waals surface area contributed by atoms with Crippen molar-refractivity contribution in [3.8, 4) is 0 Å². The molecular weight excluding hydrogens is 220 g/mol. The number of hydrogen-bond acceptors (Lipinski definition) is 5. The maximum absolute atomic E-state index is 10.2. The zero-order valence-corrected chi connectivity index (χ0v) is 12.3. The smallest absolute Gasteiger partial charge is 0.216 e. The Bertz CT molecular complexity index is 175. The average molecular weight is 240 g/mol. The van der Waals surface area contributed by atoms with Crippen LogP contribution in [0.5, 0.6) is 0 Å². The lowest BCUT2D eigenvalue weighted by Crippen LogP contribution is -2.59. The normalized spacial score (nSPS) is 19.3. The van der Waals surface area contributed by atoms with Gasteiger partial charge in [-0.1, -0.05) is 6.92 Å². The van der Waals surface area contributed by atoms with Gasteiger partial charge in [-0.15, -0.1) is 0 Å². The molecule has 6 heteroatoms. The van der Waals surface area contributed by atoms with Gasteiger partial charge in [0.25, 0.3) is 0 Å². The zero-order chi connectivity index (χ0) is 11.4. The minimum Gasteiger partial charge on any atom is -0.362 e. The molecule has 4 nitrogen and oxygen atoms in total. The fourth-order valence-corrected chi connectivity index (χ4v) is 1.91. The van der Waals surface area contributed by atoms with Crippen molar-refractivity contribution in [2.75, 3.05) is 21.3 Å². The summed E-state index contributed by atoms with van der Waals surface area (Å²) in [6.45, 7) is 1.88. The molecular formula is C8H20O4SSi. The highest BCUT2D eigenvalue weighted by Crippen LogP contribution is 2.30. The molecule has 0 aliphatic carbocycles. The van der Waals surface area contributed by atoms with Crippen molar-refractivity contribution in [2.45, 2.75) is 29.8 Å². The second-order valence-electron chi connectivity index (χ2n) is 3.40. The molecule has 2 atom stereocenters. The van der Waals surface area contributed by atoms with Gasteiger partial charge in [0.15, 0.2) is 5.41 Å². The first-order valence-corrected chi connectivity index (χ1v) is 5.92. The lowest BCUT2D eigenvalue weighted by molar-refractivity contribution is -0.343. The van der Waals surface area contributed by atoms with Gasteiger partial charge in [0, 0.05) is 33.0 Å². The van der Waals surface area contributed by atoms with Crippen LogP contribution in [0.4, 0.5) is 0 Å². The molecule has 0 bridgehead atoms. The van der Waals surface area contributed by atoms with E-state index in [4.69, 9.17) is 14.2 Å². The molecule has 2 unspecified atom stereocenters. The summed E-state index contributed by atoms with van der Waals surface area (Å²) in [5.74, 6) is -1.44. The molecule has 0 radical (unpaired) electrons. The van der Waals surface area contributed by atoms with E-state index in [2.05, 4.69) is 12.6 Å². The van der Waals surface area contributed by atoms with E-state index in [0.717, 1.165) is 0 Å². The minimum absolute atomic E-state index is 0.00132. The molecule has 0 saturated heterocycles. The lowest BCUT2D eigenvalue weighted by atomic mass is 10.1. The molecule has 0 amide bonds. The van der Waals surface area contributed by atoms with Crippen molar-refractivity contribution in [3.05, 3.63) is 0 Å². The van der Waals surface area contributed by atoms with Crippen molar-refractivity contribution < 1.29 is 19.3 Å². The molecule has 14 heavy (non-hydrogen) atoms. The fraction of sp³-hybridized carbons (Fsp3) is 1.00. The van der Waals surface area contributed by atoms with Crippen LogP contribution in [0, 0.1) is 0 Å². The number of methoxy groups -OCH3 is 3. The molecule has 1 N–H and O–H groups in total.